The Kier molecular flexibility index (Phi) is 3.93. The molecule has 0 spiro atoms. The summed E-state index contributed by atoms with van der Waals surface area (Å²) >= 11 is 0. The second-order valence-corrected chi connectivity index (χ2v) is 5.28. The molecule has 1 aliphatic heterocycles. The van der Waals surface area contributed by atoms with Crippen molar-refractivity contribution in [2.75, 3.05) is 6.54 Å². The highest BCUT2D eigenvalue weighted by atomic mass is 16.6. The molecule has 0 atom stereocenters. The van der Waals surface area contributed by atoms with Gasteiger partial charge in [0.2, 0.25) is 5.91 Å². The fourth-order valence-electron chi connectivity index (χ4n) is 2.65. The van der Waals surface area contributed by atoms with Crippen molar-refractivity contribution in [3.8, 4) is 0 Å². The first-order valence-corrected chi connectivity index (χ1v) is 7.31. The molecule has 0 saturated heterocycles. The third-order valence-electron chi connectivity index (χ3n) is 3.68. The van der Waals surface area contributed by atoms with Gasteiger partial charge in [-0.05, 0) is 29.5 Å². The number of ether oxygens (including phenoxy) is 1. The van der Waals surface area contributed by atoms with E-state index in [1.807, 2.05) is 24.3 Å². The zero-order chi connectivity index (χ0) is 16.4. The van der Waals surface area contributed by atoms with Gasteiger partial charge >= 0.3 is 11.9 Å². The van der Waals surface area contributed by atoms with Gasteiger partial charge in [0.1, 0.15) is 0 Å². The molecule has 1 amide bonds. The van der Waals surface area contributed by atoms with Gasteiger partial charge in [0.05, 0.1) is 11.1 Å². The zero-order valence-corrected chi connectivity index (χ0v) is 12.6. The number of carbonyl (C=O) groups is 3. The van der Waals surface area contributed by atoms with E-state index in [2.05, 4.69) is 5.32 Å². The summed E-state index contributed by atoms with van der Waals surface area (Å²) in [5, 5.41) is 4.19. The van der Waals surface area contributed by atoms with Crippen LogP contribution in [0, 0.1) is 0 Å². The van der Waals surface area contributed by atoms with E-state index < -0.39 is 11.9 Å². The summed E-state index contributed by atoms with van der Waals surface area (Å²) in [6.07, 6.45) is 4.57. The fraction of sp³-hybridized carbons (Fsp3) is 0.167. The second kappa shape index (κ2) is 6.04. The first-order valence-electron chi connectivity index (χ1n) is 7.31. The van der Waals surface area contributed by atoms with Crippen LogP contribution in [0.4, 0.5) is 0 Å². The smallest absolute Gasteiger partial charge is 0.346 e. The van der Waals surface area contributed by atoms with E-state index in [1.165, 1.54) is 6.92 Å². The van der Waals surface area contributed by atoms with Gasteiger partial charge in [-0.3, -0.25) is 4.79 Å². The minimum Gasteiger partial charge on any atom is -0.386 e. The van der Waals surface area contributed by atoms with Crippen molar-refractivity contribution < 1.29 is 19.1 Å². The monoisotopic (exact) mass is 309 g/mol. The zero-order valence-electron chi connectivity index (χ0n) is 12.6. The van der Waals surface area contributed by atoms with Crippen LogP contribution in [-0.4, -0.2) is 24.4 Å². The van der Waals surface area contributed by atoms with E-state index in [0.717, 1.165) is 10.9 Å². The molecule has 1 aliphatic rings. The Morgan fingerprint density at radius 2 is 1.87 bits per heavy atom. The lowest BCUT2D eigenvalue weighted by molar-refractivity contribution is -0.118. The second-order valence-electron chi connectivity index (χ2n) is 5.28. The van der Waals surface area contributed by atoms with E-state index in [1.54, 1.807) is 18.2 Å². The Hall–Kier alpha value is -2.95. The van der Waals surface area contributed by atoms with Crippen LogP contribution in [0.15, 0.2) is 36.4 Å². The highest BCUT2D eigenvalue weighted by Gasteiger charge is 2.27. The molecule has 5 nitrogen and oxygen atoms in total. The Morgan fingerprint density at radius 1 is 1.13 bits per heavy atom. The molecule has 0 aromatic heterocycles. The summed E-state index contributed by atoms with van der Waals surface area (Å²) in [4.78, 5) is 34.5. The number of esters is 2. The maximum atomic E-state index is 11.9. The van der Waals surface area contributed by atoms with Gasteiger partial charge in [-0.25, -0.2) is 9.59 Å². The molecule has 3 rings (SSSR count). The Labute approximate surface area is 132 Å². The van der Waals surface area contributed by atoms with Crippen molar-refractivity contribution in [3.05, 3.63) is 53.1 Å². The van der Waals surface area contributed by atoms with E-state index in [9.17, 15) is 14.4 Å². The largest absolute Gasteiger partial charge is 0.386 e. The maximum absolute atomic E-state index is 11.9. The maximum Gasteiger partial charge on any atom is 0.346 e. The van der Waals surface area contributed by atoms with Crippen molar-refractivity contribution in [2.45, 2.75) is 13.3 Å². The quantitative estimate of drug-likeness (QED) is 0.535. The number of hydrogen-bond acceptors (Lipinski definition) is 4. The van der Waals surface area contributed by atoms with Crippen LogP contribution in [0.3, 0.4) is 0 Å². The van der Waals surface area contributed by atoms with Crippen LogP contribution in [-0.2, 0) is 9.53 Å². The van der Waals surface area contributed by atoms with Crippen molar-refractivity contribution in [1.29, 1.82) is 0 Å². The Bertz CT molecular complexity index is 831. The number of hydrogen-bond donors (Lipinski definition) is 1. The lowest BCUT2D eigenvalue weighted by Crippen LogP contribution is -2.20. The average Bonchev–Trinajstić information content (AvgIpc) is 2.52. The molecule has 0 fully saturated rings. The Balaban J connectivity index is 1.97. The van der Waals surface area contributed by atoms with E-state index >= 15 is 0 Å². The highest BCUT2D eigenvalue weighted by molar-refractivity contribution is 6.21. The first kappa shape index (κ1) is 15.0. The summed E-state index contributed by atoms with van der Waals surface area (Å²) in [7, 11) is 0. The minimum atomic E-state index is -0.611. The van der Waals surface area contributed by atoms with Gasteiger partial charge in [-0.15, -0.1) is 0 Å². The predicted octanol–water partition coefficient (Wildman–Crippen LogP) is 2.69. The lowest BCUT2D eigenvalue weighted by Gasteiger charge is -2.16. The van der Waals surface area contributed by atoms with Crippen molar-refractivity contribution in [1.82, 2.24) is 5.32 Å². The number of benzene rings is 2. The third kappa shape index (κ3) is 2.85. The molecule has 0 saturated carbocycles. The van der Waals surface area contributed by atoms with Crippen LogP contribution < -0.4 is 5.32 Å². The number of cyclic esters (lactones) is 2. The molecule has 23 heavy (non-hydrogen) atoms. The average molecular weight is 309 g/mol. The summed E-state index contributed by atoms with van der Waals surface area (Å²) in [6.45, 7) is 2.05. The molecule has 2 aromatic carbocycles. The predicted molar refractivity (Wildman–Crippen MR) is 86.0 cm³/mol. The van der Waals surface area contributed by atoms with Crippen molar-refractivity contribution in [2.24, 2.45) is 0 Å². The van der Waals surface area contributed by atoms with Gasteiger partial charge < -0.3 is 10.1 Å². The molecule has 5 heteroatoms. The topological polar surface area (TPSA) is 72.5 Å². The van der Waals surface area contributed by atoms with Gasteiger partial charge in [0.25, 0.3) is 0 Å². The molecule has 1 heterocycles. The van der Waals surface area contributed by atoms with Gasteiger partial charge in [0.15, 0.2) is 0 Å². The summed E-state index contributed by atoms with van der Waals surface area (Å²) in [6, 6.07) is 8.81. The van der Waals surface area contributed by atoms with E-state index in [0.29, 0.717) is 29.5 Å². The SMILES string of the molecule is CC(=O)NCCC=Cc1ccc2c3c(cccc13)C(=O)OC2=O. The number of nitrogens with one attached hydrogen (secondary N) is 1. The van der Waals surface area contributed by atoms with Crippen LogP contribution in [0.25, 0.3) is 16.8 Å². The van der Waals surface area contributed by atoms with Crippen LogP contribution in [0.1, 0.15) is 39.6 Å². The van der Waals surface area contributed by atoms with Crippen LogP contribution in [0.5, 0.6) is 0 Å². The normalized spacial score (nSPS) is 13.4. The van der Waals surface area contributed by atoms with Crippen molar-refractivity contribution in [3.63, 3.8) is 0 Å². The Morgan fingerprint density at radius 3 is 2.61 bits per heavy atom. The van der Waals surface area contributed by atoms with E-state index in [-0.39, 0.29) is 5.91 Å². The highest BCUT2D eigenvalue weighted by Crippen LogP contribution is 2.31. The lowest BCUT2D eigenvalue weighted by atomic mass is 9.93. The molecule has 0 radical (unpaired) electrons. The molecule has 2 aromatic rings. The molecular formula is C18H15NO4. The first-order chi connectivity index (χ1) is 11.1. The minimum absolute atomic E-state index is 0.0583. The molecule has 1 N–H and O–H groups in total. The van der Waals surface area contributed by atoms with Gasteiger partial charge in [0, 0.05) is 18.9 Å². The number of carbonyl (C=O) groups excluding carboxylic acids is 3. The number of rotatable bonds is 4. The molecular weight excluding hydrogens is 294 g/mol. The third-order valence-corrected chi connectivity index (χ3v) is 3.68. The van der Waals surface area contributed by atoms with Gasteiger partial charge in [-0.2, -0.15) is 0 Å². The summed E-state index contributed by atoms with van der Waals surface area (Å²) in [5.74, 6) is -1.28. The fourth-order valence-corrected chi connectivity index (χ4v) is 2.65. The van der Waals surface area contributed by atoms with Crippen LogP contribution in [0.2, 0.25) is 0 Å². The standard InChI is InChI=1S/C18H15NO4/c1-11(20)19-10-3-2-5-12-8-9-15-16-13(12)6-4-7-14(16)17(21)23-18(15)22/h2,4-9H,3,10H2,1H3,(H,19,20). The molecule has 0 unspecified atom stereocenters. The van der Waals surface area contributed by atoms with Gasteiger partial charge in [-0.1, -0.05) is 30.4 Å². The van der Waals surface area contributed by atoms with Crippen molar-refractivity contribution >= 4 is 34.7 Å². The number of amides is 1. The molecule has 116 valence electrons. The molecule has 0 bridgehead atoms. The summed E-state index contributed by atoms with van der Waals surface area (Å²) < 4.78 is 4.74. The summed E-state index contributed by atoms with van der Waals surface area (Å²) in [5.41, 5.74) is 1.73. The molecule has 0 aliphatic carbocycles. The van der Waals surface area contributed by atoms with E-state index in [4.69, 9.17) is 4.74 Å². The van der Waals surface area contributed by atoms with Crippen LogP contribution >= 0.6 is 0 Å².